The van der Waals surface area contributed by atoms with Crippen LogP contribution in [0.3, 0.4) is 0 Å². The van der Waals surface area contributed by atoms with E-state index in [1.165, 1.54) is 0 Å². The maximum atomic E-state index is 12.2. The van der Waals surface area contributed by atoms with Crippen molar-refractivity contribution in [1.29, 1.82) is 0 Å². The molecule has 0 saturated heterocycles. The van der Waals surface area contributed by atoms with Crippen LogP contribution in [-0.2, 0) is 22.6 Å². The van der Waals surface area contributed by atoms with Crippen LogP contribution < -0.4 is 10.6 Å². The van der Waals surface area contributed by atoms with E-state index < -0.39 is 23.5 Å². The second kappa shape index (κ2) is 5.24. The van der Waals surface area contributed by atoms with Crippen LogP contribution in [0.15, 0.2) is 6.33 Å². The molecule has 1 unspecified atom stereocenters. The van der Waals surface area contributed by atoms with E-state index in [1.807, 2.05) is 0 Å². The van der Waals surface area contributed by atoms with Gasteiger partial charge in [-0.3, -0.25) is 10.1 Å². The minimum Gasteiger partial charge on any atom is -0.480 e. The molecule has 0 aromatic carbocycles. The number of amides is 1. The van der Waals surface area contributed by atoms with E-state index in [9.17, 15) is 14.7 Å². The molecule has 0 spiro atoms. The average molecular weight is 280 g/mol. The summed E-state index contributed by atoms with van der Waals surface area (Å²) in [4.78, 5) is 30.6. The van der Waals surface area contributed by atoms with Crippen molar-refractivity contribution in [3.8, 4) is 0 Å². The number of imidazole rings is 1. The minimum absolute atomic E-state index is 0.305. The molecule has 0 saturated carbocycles. The maximum Gasteiger partial charge on any atom is 0.326 e. The first-order valence-corrected chi connectivity index (χ1v) is 6.56. The lowest BCUT2D eigenvalue weighted by molar-refractivity contribution is -0.145. The fourth-order valence-electron chi connectivity index (χ4n) is 2.25. The molecule has 0 bridgehead atoms. The molecule has 1 amide bonds. The minimum atomic E-state index is -1.03. The van der Waals surface area contributed by atoms with Gasteiger partial charge in [-0.25, -0.2) is 9.78 Å². The Balaban J connectivity index is 2.04. The Labute approximate surface area is 117 Å². The molecule has 1 aromatic rings. The molecule has 110 valence electrons. The summed E-state index contributed by atoms with van der Waals surface area (Å²) in [6.45, 7) is 5.88. The summed E-state index contributed by atoms with van der Waals surface area (Å²) in [5.74, 6) is -1.33. The van der Waals surface area contributed by atoms with Crippen LogP contribution >= 0.6 is 0 Å². The van der Waals surface area contributed by atoms with Crippen LogP contribution in [0.5, 0.6) is 0 Å². The van der Waals surface area contributed by atoms with E-state index in [2.05, 4.69) is 20.6 Å². The first-order chi connectivity index (χ1) is 9.29. The number of fused-ring (bicyclic) bond motifs is 1. The highest BCUT2D eigenvalue weighted by molar-refractivity contribution is 5.87. The lowest BCUT2D eigenvalue weighted by atomic mass is 9.86. The zero-order valence-corrected chi connectivity index (χ0v) is 11.9. The molecular weight excluding hydrogens is 260 g/mol. The summed E-state index contributed by atoms with van der Waals surface area (Å²) >= 11 is 0. The number of carbonyl (C=O) groups excluding carboxylic acids is 1. The number of carboxylic acid groups (broad SMARTS) is 1. The van der Waals surface area contributed by atoms with Crippen molar-refractivity contribution in [3.63, 3.8) is 0 Å². The maximum absolute atomic E-state index is 12.2. The number of H-pyrrole nitrogens is 1. The standard InChI is InChI=1S/C13H20N4O3/c1-13(2,3)10(12(19)20)17-11(18)8-4-7-9(5-14-8)16-6-15-7/h6,8,10,14H,4-5H2,1-3H3,(H,15,16)(H,17,18)(H,19,20)/t8?,10-/m0/s1. The van der Waals surface area contributed by atoms with Crippen LogP contribution in [0, 0.1) is 5.41 Å². The molecule has 1 aromatic heterocycles. The molecular formula is C13H20N4O3. The molecule has 0 aliphatic carbocycles. The topological polar surface area (TPSA) is 107 Å². The number of rotatable bonds is 3. The fraction of sp³-hybridized carbons (Fsp3) is 0.615. The van der Waals surface area contributed by atoms with Crippen molar-refractivity contribution < 1.29 is 14.7 Å². The predicted molar refractivity (Wildman–Crippen MR) is 71.9 cm³/mol. The van der Waals surface area contributed by atoms with Crippen molar-refractivity contribution in [1.82, 2.24) is 20.6 Å². The predicted octanol–water partition coefficient (Wildman–Crippen LogP) is 0.0395. The highest BCUT2D eigenvalue weighted by atomic mass is 16.4. The largest absolute Gasteiger partial charge is 0.480 e. The average Bonchev–Trinajstić information content (AvgIpc) is 2.80. The van der Waals surface area contributed by atoms with Gasteiger partial charge in [-0.1, -0.05) is 20.8 Å². The van der Waals surface area contributed by atoms with E-state index in [0.717, 1.165) is 11.4 Å². The SMILES string of the molecule is CC(C)(C)[C@@H](NC(=O)C1Cc2nc[nH]c2CN1)C(=O)O. The quantitative estimate of drug-likeness (QED) is 0.625. The lowest BCUT2D eigenvalue weighted by Gasteiger charge is -2.30. The third-order valence-corrected chi connectivity index (χ3v) is 3.45. The van der Waals surface area contributed by atoms with E-state index in [4.69, 9.17) is 0 Å². The second-order valence-corrected chi connectivity index (χ2v) is 6.11. The number of carboxylic acids is 1. The first kappa shape index (κ1) is 14.5. The van der Waals surface area contributed by atoms with Crippen molar-refractivity contribution >= 4 is 11.9 Å². The molecule has 1 aliphatic heterocycles. The highest BCUT2D eigenvalue weighted by Crippen LogP contribution is 2.20. The van der Waals surface area contributed by atoms with E-state index in [1.54, 1.807) is 27.1 Å². The van der Waals surface area contributed by atoms with Gasteiger partial charge in [0.15, 0.2) is 0 Å². The van der Waals surface area contributed by atoms with E-state index >= 15 is 0 Å². The molecule has 2 atom stereocenters. The summed E-state index contributed by atoms with van der Waals surface area (Å²) in [5, 5.41) is 14.9. The van der Waals surface area contributed by atoms with E-state index in [-0.39, 0.29) is 5.91 Å². The molecule has 0 radical (unpaired) electrons. The Kier molecular flexibility index (Phi) is 3.80. The summed E-state index contributed by atoms with van der Waals surface area (Å²) < 4.78 is 0. The molecule has 2 heterocycles. The Morgan fingerprint density at radius 1 is 1.50 bits per heavy atom. The summed E-state index contributed by atoms with van der Waals surface area (Å²) in [5.41, 5.74) is 1.28. The van der Waals surface area contributed by atoms with Gasteiger partial charge in [0.25, 0.3) is 0 Å². The molecule has 7 nitrogen and oxygen atoms in total. The van der Waals surface area contributed by atoms with Gasteiger partial charge in [0.05, 0.1) is 23.8 Å². The monoisotopic (exact) mass is 280 g/mol. The smallest absolute Gasteiger partial charge is 0.326 e. The molecule has 20 heavy (non-hydrogen) atoms. The third-order valence-electron chi connectivity index (χ3n) is 3.45. The van der Waals surface area contributed by atoms with Gasteiger partial charge < -0.3 is 15.4 Å². The number of hydrogen-bond donors (Lipinski definition) is 4. The highest BCUT2D eigenvalue weighted by Gasteiger charge is 2.35. The molecule has 2 rings (SSSR count). The van der Waals surface area contributed by atoms with E-state index in [0.29, 0.717) is 13.0 Å². The van der Waals surface area contributed by atoms with Gasteiger partial charge in [-0.05, 0) is 5.41 Å². The number of hydrogen-bond acceptors (Lipinski definition) is 4. The number of nitrogens with zero attached hydrogens (tertiary/aromatic N) is 1. The Morgan fingerprint density at radius 2 is 2.20 bits per heavy atom. The lowest BCUT2D eigenvalue weighted by Crippen LogP contribution is -2.55. The van der Waals surface area contributed by atoms with Gasteiger partial charge in [0, 0.05) is 13.0 Å². The first-order valence-electron chi connectivity index (χ1n) is 6.56. The van der Waals surface area contributed by atoms with Crippen molar-refractivity contribution in [2.24, 2.45) is 5.41 Å². The number of aromatic amines is 1. The third kappa shape index (κ3) is 2.98. The van der Waals surface area contributed by atoms with Crippen LogP contribution in [0.4, 0.5) is 0 Å². The Morgan fingerprint density at radius 3 is 2.80 bits per heavy atom. The molecule has 4 N–H and O–H groups in total. The zero-order chi connectivity index (χ0) is 14.9. The number of nitrogens with one attached hydrogen (secondary N) is 3. The van der Waals surface area contributed by atoms with Crippen LogP contribution in [-0.4, -0.2) is 39.0 Å². The fourth-order valence-corrected chi connectivity index (χ4v) is 2.25. The second-order valence-electron chi connectivity index (χ2n) is 6.11. The van der Waals surface area contributed by atoms with Gasteiger partial charge in [-0.15, -0.1) is 0 Å². The van der Waals surface area contributed by atoms with Crippen molar-refractivity contribution in [2.75, 3.05) is 0 Å². The van der Waals surface area contributed by atoms with Crippen LogP contribution in [0.2, 0.25) is 0 Å². The molecule has 7 heteroatoms. The van der Waals surface area contributed by atoms with Gasteiger partial charge >= 0.3 is 5.97 Å². The summed E-state index contributed by atoms with van der Waals surface area (Å²) in [7, 11) is 0. The normalized spacial score (nSPS) is 20.1. The van der Waals surface area contributed by atoms with Gasteiger partial charge in [0.1, 0.15) is 6.04 Å². The molecule has 0 fully saturated rings. The Hall–Kier alpha value is -1.89. The zero-order valence-electron chi connectivity index (χ0n) is 11.9. The van der Waals surface area contributed by atoms with Crippen molar-refractivity contribution in [2.45, 2.75) is 45.8 Å². The van der Waals surface area contributed by atoms with Gasteiger partial charge in [0.2, 0.25) is 5.91 Å². The number of carbonyl (C=O) groups is 2. The Bertz CT molecular complexity index is 518. The summed E-state index contributed by atoms with van der Waals surface area (Å²) in [6.07, 6.45) is 2.06. The van der Waals surface area contributed by atoms with Crippen molar-refractivity contribution in [3.05, 3.63) is 17.7 Å². The summed E-state index contributed by atoms with van der Waals surface area (Å²) in [6, 6.07) is -1.37. The van der Waals surface area contributed by atoms with Crippen LogP contribution in [0.1, 0.15) is 32.2 Å². The van der Waals surface area contributed by atoms with Crippen LogP contribution in [0.25, 0.3) is 0 Å². The van der Waals surface area contributed by atoms with Gasteiger partial charge in [-0.2, -0.15) is 0 Å². The number of aromatic nitrogens is 2. The number of aliphatic carboxylic acids is 1. The molecule has 1 aliphatic rings.